The number of amides is 1. The van der Waals surface area contributed by atoms with E-state index in [1.165, 1.54) is 38.5 Å². The van der Waals surface area contributed by atoms with E-state index in [9.17, 15) is 4.79 Å². The summed E-state index contributed by atoms with van der Waals surface area (Å²) in [5, 5.41) is 3.21. The average molecular weight is 289 g/mol. The van der Waals surface area contributed by atoms with Crippen LogP contribution in [0.25, 0.3) is 0 Å². The molecule has 2 rings (SSSR count). The Morgan fingerprint density at radius 1 is 1.26 bits per heavy atom. The van der Waals surface area contributed by atoms with Crippen molar-refractivity contribution in [1.82, 2.24) is 10.2 Å². The van der Waals surface area contributed by atoms with Crippen molar-refractivity contribution in [3.05, 3.63) is 0 Å². The Morgan fingerprint density at radius 2 is 1.95 bits per heavy atom. The molecule has 2 aliphatic rings. The molecule has 0 spiro atoms. The maximum absolute atomic E-state index is 12.5. The number of carbonyl (C=O) groups excluding carboxylic acids is 1. The molecule has 2 unspecified atom stereocenters. The SMILES string of the molecule is CNCC1CCCN1C(=O)C(C)CC1CCCC1.Cl. The third-order valence-electron chi connectivity index (χ3n) is 4.68. The van der Waals surface area contributed by atoms with Gasteiger partial charge in [-0.2, -0.15) is 0 Å². The molecule has 112 valence electrons. The average Bonchev–Trinajstić information content (AvgIpc) is 3.00. The zero-order valence-corrected chi connectivity index (χ0v) is 13.2. The van der Waals surface area contributed by atoms with E-state index in [-0.39, 0.29) is 18.3 Å². The highest BCUT2D eigenvalue weighted by molar-refractivity contribution is 5.85. The normalized spacial score (nSPS) is 25.4. The Morgan fingerprint density at radius 3 is 2.58 bits per heavy atom. The van der Waals surface area contributed by atoms with Gasteiger partial charge in [-0.1, -0.05) is 32.6 Å². The smallest absolute Gasteiger partial charge is 0.225 e. The summed E-state index contributed by atoms with van der Waals surface area (Å²) in [5.74, 6) is 1.44. The number of carbonyl (C=O) groups is 1. The van der Waals surface area contributed by atoms with Gasteiger partial charge < -0.3 is 10.2 Å². The van der Waals surface area contributed by atoms with Crippen molar-refractivity contribution in [1.29, 1.82) is 0 Å². The topological polar surface area (TPSA) is 32.3 Å². The van der Waals surface area contributed by atoms with Crippen molar-refractivity contribution in [2.75, 3.05) is 20.1 Å². The van der Waals surface area contributed by atoms with Gasteiger partial charge in [0.05, 0.1) is 0 Å². The molecule has 1 saturated carbocycles. The molecule has 0 bridgehead atoms. The van der Waals surface area contributed by atoms with Crippen LogP contribution >= 0.6 is 12.4 Å². The first kappa shape index (κ1) is 16.8. The van der Waals surface area contributed by atoms with Crippen LogP contribution in [0.15, 0.2) is 0 Å². The van der Waals surface area contributed by atoms with Crippen molar-refractivity contribution in [2.45, 2.75) is 57.9 Å². The molecular weight excluding hydrogens is 260 g/mol. The summed E-state index contributed by atoms with van der Waals surface area (Å²) in [5.41, 5.74) is 0. The molecule has 1 amide bonds. The molecular formula is C15H29ClN2O. The molecule has 1 aliphatic carbocycles. The number of likely N-dealkylation sites (N-methyl/N-ethyl adjacent to an activating group) is 1. The molecule has 1 N–H and O–H groups in total. The number of nitrogens with one attached hydrogen (secondary N) is 1. The van der Waals surface area contributed by atoms with Gasteiger partial charge in [-0.3, -0.25) is 4.79 Å². The highest BCUT2D eigenvalue weighted by Gasteiger charge is 2.32. The summed E-state index contributed by atoms with van der Waals surface area (Å²) in [7, 11) is 1.98. The monoisotopic (exact) mass is 288 g/mol. The lowest BCUT2D eigenvalue weighted by molar-refractivity contribution is -0.136. The van der Waals surface area contributed by atoms with Crippen LogP contribution in [0.1, 0.15) is 51.9 Å². The van der Waals surface area contributed by atoms with E-state index < -0.39 is 0 Å². The van der Waals surface area contributed by atoms with E-state index in [2.05, 4.69) is 17.1 Å². The van der Waals surface area contributed by atoms with Crippen molar-refractivity contribution in [3.63, 3.8) is 0 Å². The van der Waals surface area contributed by atoms with Crippen LogP contribution in [0.3, 0.4) is 0 Å². The Kier molecular flexibility index (Phi) is 7.16. The highest BCUT2D eigenvalue weighted by atomic mass is 35.5. The first-order valence-electron chi connectivity index (χ1n) is 7.67. The molecule has 0 aromatic carbocycles. The summed E-state index contributed by atoms with van der Waals surface area (Å²) >= 11 is 0. The van der Waals surface area contributed by atoms with Gasteiger partial charge in [0.1, 0.15) is 0 Å². The predicted molar refractivity (Wildman–Crippen MR) is 81.6 cm³/mol. The molecule has 19 heavy (non-hydrogen) atoms. The molecule has 0 aromatic heterocycles. The minimum absolute atomic E-state index is 0. The Labute approximate surface area is 123 Å². The summed E-state index contributed by atoms with van der Waals surface area (Å²) < 4.78 is 0. The van der Waals surface area contributed by atoms with Crippen molar-refractivity contribution in [2.24, 2.45) is 11.8 Å². The van der Waals surface area contributed by atoms with Crippen molar-refractivity contribution in [3.8, 4) is 0 Å². The lowest BCUT2D eigenvalue weighted by Crippen LogP contribution is -2.43. The Bertz CT molecular complexity index is 279. The van der Waals surface area contributed by atoms with Gasteiger partial charge in [0, 0.05) is 25.0 Å². The third-order valence-corrected chi connectivity index (χ3v) is 4.68. The molecule has 2 fully saturated rings. The van der Waals surface area contributed by atoms with E-state index in [0.29, 0.717) is 11.9 Å². The van der Waals surface area contributed by atoms with E-state index in [4.69, 9.17) is 0 Å². The zero-order valence-electron chi connectivity index (χ0n) is 12.4. The summed E-state index contributed by atoms with van der Waals surface area (Å²) in [6.07, 6.45) is 8.89. The molecule has 0 radical (unpaired) electrons. The van der Waals surface area contributed by atoms with Crippen LogP contribution in [0.2, 0.25) is 0 Å². The molecule has 2 atom stereocenters. The molecule has 1 aliphatic heterocycles. The molecule has 1 saturated heterocycles. The first-order chi connectivity index (χ1) is 8.72. The number of rotatable bonds is 5. The Hall–Kier alpha value is -0.280. The van der Waals surface area contributed by atoms with Crippen molar-refractivity contribution < 1.29 is 4.79 Å². The lowest BCUT2D eigenvalue weighted by atomic mass is 9.93. The minimum atomic E-state index is 0. The van der Waals surface area contributed by atoms with E-state index >= 15 is 0 Å². The minimum Gasteiger partial charge on any atom is -0.338 e. The van der Waals surface area contributed by atoms with Gasteiger partial charge >= 0.3 is 0 Å². The van der Waals surface area contributed by atoms with Crippen LogP contribution < -0.4 is 5.32 Å². The first-order valence-corrected chi connectivity index (χ1v) is 7.67. The second kappa shape index (κ2) is 8.11. The van der Waals surface area contributed by atoms with Gasteiger partial charge in [0.25, 0.3) is 0 Å². The largest absolute Gasteiger partial charge is 0.338 e. The lowest BCUT2D eigenvalue weighted by Gasteiger charge is -2.28. The number of hydrogen-bond donors (Lipinski definition) is 1. The fourth-order valence-corrected chi connectivity index (χ4v) is 3.70. The van der Waals surface area contributed by atoms with E-state index in [1.807, 2.05) is 7.05 Å². The number of likely N-dealkylation sites (tertiary alicyclic amines) is 1. The van der Waals surface area contributed by atoms with Gasteiger partial charge in [-0.25, -0.2) is 0 Å². The highest BCUT2D eigenvalue weighted by Crippen LogP contribution is 2.31. The van der Waals surface area contributed by atoms with Crippen LogP contribution in [-0.2, 0) is 4.79 Å². The molecule has 1 heterocycles. The summed E-state index contributed by atoms with van der Waals surface area (Å²) in [6.45, 7) is 4.05. The number of nitrogens with zero attached hydrogens (tertiary/aromatic N) is 1. The third kappa shape index (κ3) is 4.35. The fraction of sp³-hybridized carbons (Fsp3) is 0.933. The molecule has 4 heteroatoms. The predicted octanol–water partition coefficient (Wildman–Crippen LogP) is 2.84. The summed E-state index contributed by atoms with van der Waals surface area (Å²) in [4.78, 5) is 14.7. The van der Waals surface area contributed by atoms with Crippen LogP contribution in [0.5, 0.6) is 0 Å². The molecule has 0 aromatic rings. The van der Waals surface area contributed by atoms with E-state index in [0.717, 1.165) is 25.4 Å². The number of hydrogen-bond acceptors (Lipinski definition) is 2. The number of halogens is 1. The second-order valence-electron chi connectivity index (χ2n) is 6.17. The maximum atomic E-state index is 12.5. The standard InChI is InChI=1S/C15H28N2O.ClH/c1-12(10-13-6-3-4-7-13)15(18)17-9-5-8-14(17)11-16-2;/h12-14,16H,3-11H2,1-2H3;1H. The van der Waals surface area contributed by atoms with Gasteiger partial charge in [0.15, 0.2) is 0 Å². The molecule has 3 nitrogen and oxygen atoms in total. The van der Waals surface area contributed by atoms with Gasteiger partial charge in [-0.15, -0.1) is 12.4 Å². The van der Waals surface area contributed by atoms with Gasteiger partial charge in [0.2, 0.25) is 5.91 Å². The zero-order chi connectivity index (χ0) is 13.0. The quantitative estimate of drug-likeness (QED) is 0.844. The van der Waals surface area contributed by atoms with Crippen molar-refractivity contribution >= 4 is 18.3 Å². The second-order valence-corrected chi connectivity index (χ2v) is 6.17. The fourth-order valence-electron chi connectivity index (χ4n) is 3.70. The van der Waals surface area contributed by atoms with Crippen LogP contribution in [0.4, 0.5) is 0 Å². The van der Waals surface area contributed by atoms with E-state index in [1.54, 1.807) is 0 Å². The van der Waals surface area contributed by atoms with Gasteiger partial charge in [-0.05, 0) is 32.2 Å². The summed E-state index contributed by atoms with van der Waals surface area (Å²) in [6, 6.07) is 0.438. The Balaban J connectivity index is 0.00000180. The van der Waals surface area contributed by atoms with Crippen LogP contribution in [-0.4, -0.2) is 37.0 Å². The van der Waals surface area contributed by atoms with Crippen LogP contribution in [0, 0.1) is 11.8 Å². The maximum Gasteiger partial charge on any atom is 0.225 e.